The van der Waals surface area contributed by atoms with Crippen LogP contribution in [0.15, 0.2) is 16.0 Å². The molecule has 0 N–H and O–H groups in total. The Bertz CT molecular complexity index is 180. The normalized spacial score (nSPS) is 18.8. The molecule has 0 saturated carbocycles. The van der Waals surface area contributed by atoms with Gasteiger partial charge in [-0.25, -0.2) is 0 Å². The molecule has 56 valence electrons. The molecule has 10 heavy (non-hydrogen) atoms. The van der Waals surface area contributed by atoms with E-state index >= 15 is 0 Å². The molecular weight excluding hydrogens is 142 g/mol. The fraction of sp³-hybridized carbons (Fsp3) is 0.625. The Kier molecular flexibility index (Phi) is 2.55. The Hall–Kier alpha value is -0.240. The zero-order valence-corrected chi connectivity index (χ0v) is 7.53. The highest BCUT2D eigenvalue weighted by Crippen LogP contribution is 2.24. The molecule has 1 heterocycles. The van der Waals surface area contributed by atoms with Gasteiger partial charge in [0.25, 0.3) is 0 Å². The van der Waals surface area contributed by atoms with E-state index < -0.39 is 0 Å². The molecule has 0 fully saturated rings. The zero-order chi connectivity index (χ0) is 7.56. The SMILES string of the molecule is CC1=CCN=C(C(C)C)S1. The number of hydrogen-bond acceptors (Lipinski definition) is 2. The van der Waals surface area contributed by atoms with Gasteiger partial charge in [0.05, 0.1) is 11.6 Å². The highest BCUT2D eigenvalue weighted by molar-refractivity contribution is 8.17. The number of rotatable bonds is 1. The Morgan fingerprint density at radius 2 is 2.30 bits per heavy atom. The second-order valence-corrected chi connectivity index (χ2v) is 4.02. The van der Waals surface area contributed by atoms with E-state index in [4.69, 9.17) is 0 Å². The molecule has 0 saturated heterocycles. The van der Waals surface area contributed by atoms with Crippen LogP contribution in [0.1, 0.15) is 20.8 Å². The van der Waals surface area contributed by atoms with Gasteiger partial charge >= 0.3 is 0 Å². The first-order valence-corrected chi connectivity index (χ1v) is 4.40. The standard InChI is InChI=1S/C8H13NS/c1-6(2)8-9-5-4-7(3)10-8/h4,6H,5H2,1-3H3. The van der Waals surface area contributed by atoms with Crippen molar-refractivity contribution in [2.24, 2.45) is 10.9 Å². The molecule has 0 unspecified atom stereocenters. The number of aliphatic imine (C=N–C) groups is 1. The van der Waals surface area contributed by atoms with E-state index in [-0.39, 0.29) is 0 Å². The van der Waals surface area contributed by atoms with E-state index in [1.165, 1.54) is 9.95 Å². The average molecular weight is 155 g/mol. The van der Waals surface area contributed by atoms with Gasteiger partial charge in [-0.15, -0.1) is 0 Å². The Labute approximate surface area is 66.6 Å². The monoisotopic (exact) mass is 155 g/mol. The average Bonchev–Trinajstić information content (AvgIpc) is 1.88. The summed E-state index contributed by atoms with van der Waals surface area (Å²) in [6, 6.07) is 0. The van der Waals surface area contributed by atoms with Crippen molar-refractivity contribution in [3.05, 3.63) is 11.0 Å². The Balaban J connectivity index is 2.57. The Morgan fingerprint density at radius 3 is 2.70 bits per heavy atom. The minimum absolute atomic E-state index is 0.591. The third-order valence-electron chi connectivity index (χ3n) is 1.39. The van der Waals surface area contributed by atoms with Gasteiger partial charge < -0.3 is 0 Å². The molecule has 0 atom stereocenters. The first kappa shape index (κ1) is 7.86. The van der Waals surface area contributed by atoms with E-state index in [1.807, 2.05) is 0 Å². The maximum absolute atomic E-state index is 4.38. The summed E-state index contributed by atoms with van der Waals surface area (Å²) in [5.74, 6) is 0.591. The van der Waals surface area contributed by atoms with Crippen molar-refractivity contribution in [1.82, 2.24) is 0 Å². The molecule has 1 nitrogen and oxygen atoms in total. The molecule has 0 aromatic carbocycles. The molecule has 0 aliphatic carbocycles. The predicted molar refractivity (Wildman–Crippen MR) is 48.5 cm³/mol. The molecule has 0 aromatic heterocycles. The quantitative estimate of drug-likeness (QED) is 0.567. The molecule has 1 aliphatic heterocycles. The minimum Gasteiger partial charge on any atom is -0.278 e. The van der Waals surface area contributed by atoms with Gasteiger partial charge in [0.2, 0.25) is 0 Å². The second kappa shape index (κ2) is 3.24. The zero-order valence-electron chi connectivity index (χ0n) is 6.72. The van der Waals surface area contributed by atoms with Gasteiger partial charge in [-0.1, -0.05) is 31.7 Å². The molecular formula is C8H13NS. The number of nitrogens with zero attached hydrogens (tertiary/aromatic N) is 1. The maximum Gasteiger partial charge on any atom is 0.0749 e. The second-order valence-electron chi connectivity index (χ2n) is 2.75. The molecule has 0 amide bonds. The number of allylic oxidation sites excluding steroid dienone is 1. The molecule has 0 spiro atoms. The number of thioether (sulfide) groups is 1. The molecule has 0 aromatic rings. The van der Waals surface area contributed by atoms with Gasteiger partial charge in [0, 0.05) is 5.92 Å². The lowest BCUT2D eigenvalue weighted by Crippen LogP contribution is -2.06. The third kappa shape index (κ3) is 1.87. The molecule has 1 rings (SSSR count). The third-order valence-corrected chi connectivity index (χ3v) is 2.68. The van der Waals surface area contributed by atoms with Crippen LogP contribution in [-0.4, -0.2) is 11.6 Å². The van der Waals surface area contributed by atoms with Crippen LogP contribution in [0.5, 0.6) is 0 Å². The first-order chi connectivity index (χ1) is 4.70. The van der Waals surface area contributed by atoms with Crippen LogP contribution >= 0.6 is 11.8 Å². The van der Waals surface area contributed by atoms with Crippen molar-refractivity contribution in [3.8, 4) is 0 Å². The molecule has 0 bridgehead atoms. The lowest BCUT2D eigenvalue weighted by atomic mass is 10.2. The van der Waals surface area contributed by atoms with Gasteiger partial charge in [-0.2, -0.15) is 0 Å². The lowest BCUT2D eigenvalue weighted by Gasteiger charge is -2.12. The van der Waals surface area contributed by atoms with Crippen LogP contribution in [0.3, 0.4) is 0 Å². The van der Waals surface area contributed by atoms with E-state index in [2.05, 4.69) is 31.8 Å². The van der Waals surface area contributed by atoms with Crippen molar-refractivity contribution >= 4 is 16.8 Å². The van der Waals surface area contributed by atoms with Gasteiger partial charge in [-0.3, -0.25) is 4.99 Å². The fourth-order valence-corrected chi connectivity index (χ4v) is 1.67. The summed E-state index contributed by atoms with van der Waals surface area (Å²) in [4.78, 5) is 5.77. The van der Waals surface area contributed by atoms with Gasteiger partial charge in [0.15, 0.2) is 0 Å². The van der Waals surface area contributed by atoms with Crippen molar-refractivity contribution in [2.45, 2.75) is 20.8 Å². The topological polar surface area (TPSA) is 12.4 Å². The highest BCUT2D eigenvalue weighted by atomic mass is 32.2. The van der Waals surface area contributed by atoms with E-state index in [9.17, 15) is 0 Å². The van der Waals surface area contributed by atoms with Crippen molar-refractivity contribution in [1.29, 1.82) is 0 Å². The largest absolute Gasteiger partial charge is 0.278 e. The smallest absolute Gasteiger partial charge is 0.0749 e. The van der Waals surface area contributed by atoms with E-state index in [1.54, 1.807) is 11.8 Å². The van der Waals surface area contributed by atoms with Crippen molar-refractivity contribution in [2.75, 3.05) is 6.54 Å². The minimum atomic E-state index is 0.591. The maximum atomic E-state index is 4.38. The summed E-state index contributed by atoms with van der Waals surface area (Å²) >= 11 is 1.81. The molecule has 2 heteroatoms. The summed E-state index contributed by atoms with van der Waals surface area (Å²) in [6.07, 6.45) is 2.16. The predicted octanol–water partition coefficient (Wildman–Crippen LogP) is 2.69. The summed E-state index contributed by atoms with van der Waals surface area (Å²) in [7, 11) is 0. The van der Waals surface area contributed by atoms with E-state index in [0.717, 1.165) is 6.54 Å². The summed E-state index contributed by atoms with van der Waals surface area (Å²) in [5.41, 5.74) is 0. The van der Waals surface area contributed by atoms with Gasteiger partial charge in [0.1, 0.15) is 0 Å². The molecule has 1 aliphatic rings. The van der Waals surface area contributed by atoms with Gasteiger partial charge in [-0.05, 0) is 11.8 Å². The number of hydrogen-bond donors (Lipinski definition) is 0. The van der Waals surface area contributed by atoms with Crippen LogP contribution in [0.4, 0.5) is 0 Å². The van der Waals surface area contributed by atoms with Crippen molar-refractivity contribution < 1.29 is 0 Å². The van der Waals surface area contributed by atoms with Crippen LogP contribution < -0.4 is 0 Å². The summed E-state index contributed by atoms with van der Waals surface area (Å²) < 4.78 is 0. The van der Waals surface area contributed by atoms with Crippen LogP contribution in [-0.2, 0) is 0 Å². The van der Waals surface area contributed by atoms with Crippen molar-refractivity contribution in [3.63, 3.8) is 0 Å². The molecule has 0 radical (unpaired) electrons. The highest BCUT2D eigenvalue weighted by Gasteiger charge is 2.08. The summed E-state index contributed by atoms with van der Waals surface area (Å²) in [6.45, 7) is 7.39. The van der Waals surface area contributed by atoms with Crippen LogP contribution in [0.25, 0.3) is 0 Å². The van der Waals surface area contributed by atoms with Crippen LogP contribution in [0.2, 0.25) is 0 Å². The fourth-order valence-electron chi connectivity index (χ4n) is 0.803. The van der Waals surface area contributed by atoms with E-state index in [0.29, 0.717) is 5.92 Å². The Morgan fingerprint density at radius 1 is 1.60 bits per heavy atom. The lowest BCUT2D eigenvalue weighted by molar-refractivity contribution is 0.892. The first-order valence-electron chi connectivity index (χ1n) is 3.59. The summed E-state index contributed by atoms with van der Waals surface area (Å²) in [5, 5.41) is 1.28. The van der Waals surface area contributed by atoms with Crippen LogP contribution in [0, 0.1) is 5.92 Å².